The maximum atomic E-state index is 9.65. The highest BCUT2D eigenvalue weighted by Gasteiger charge is 2.37. The second kappa shape index (κ2) is 3.91. The summed E-state index contributed by atoms with van der Waals surface area (Å²) in [7, 11) is 0. The zero-order valence-corrected chi connectivity index (χ0v) is 9.35. The van der Waals surface area contributed by atoms with Crippen molar-refractivity contribution in [3.63, 3.8) is 0 Å². The monoisotopic (exact) mass is 206 g/mol. The molecule has 1 atom stereocenters. The van der Waals surface area contributed by atoms with E-state index in [1.807, 2.05) is 24.4 Å². The molecule has 2 rings (SSSR count). The van der Waals surface area contributed by atoms with E-state index < -0.39 is 0 Å². The summed E-state index contributed by atoms with van der Waals surface area (Å²) in [6.45, 7) is 5.92. The Morgan fingerprint density at radius 3 is 2.87 bits per heavy atom. The predicted molar refractivity (Wildman–Crippen MR) is 59.3 cm³/mol. The average molecular weight is 206 g/mol. The van der Waals surface area contributed by atoms with Crippen LogP contribution >= 0.6 is 0 Å². The molecular formula is C12H18N2O. The van der Waals surface area contributed by atoms with E-state index >= 15 is 0 Å². The van der Waals surface area contributed by atoms with Crippen LogP contribution in [0.3, 0.4) is 0 Å². The second-order valence-electron chi connectivity index (χ2n) is 4.87. The molecule has 0 saturated carbocycles. The Kier molecular flexibility index (Phi) is 2.76. The van der Waals surface area contributed by atoms with E-state index in [1.165, 1.54) is 0 Å². The van der Waals surface area contributed by atoms with Crippen molar-refractivity contribution in [2.24, 2.45) is 0 Å². The van der Waals surface area contributed by atoms with Crippen LogP contribution in [0.25, 0.3) is 0 Å². The molecule has 1 aliphatic rings. The third-order valence-electron chi connectivity index (χ3n) is 3.10. The number of aliphatic hydroxyl groups is 1. The molecule has 3 heteroatoms. The maximum Gasteiger partial charge on any atom is 0.0684 e. The van der Waals surface area contributed by atoms with Gasteiger partial charge in [-0.3, -0.25) is 9.88 Å². The molecule has 1 fully saturated rings. The highest BCUT2D eigenvalue weighted by molar-refractivity contribution is 5.05. The molecule has 0 spiro atoms. The molecule has 1 N–H and O–H groups in total. The van der Waals surface area contributed by atoms with Crippen molar-refractivity contribution in [1.82, 2.24) is 9.88 Å². The van der Waals surface area contributed by atoms with Gasteiger partial charge in [-0.15, -0.1) is 0 Å². The normalized spacial score (nSPS) is 25.7. The zero-order chi connectivity index (χ0) is 10.9. The summed E-state index contributed by atoms with van der Waals surface area (Å²) in [5, 5.41) is 9.65. The molecule has 1 aromatic rings. The summed E-state index contributed by atoms with van der Waals surface area (Å²) in [6.07, 6.45) is 2.47. The Bertz CT molecular complexity index is 324. The number of hydrogen-bond acceptors (Lipinski definition) is 3. The summed E-state index contributed by atoms with van der Waals surface area (Å²) < 4.78 is 0. The van der Waals surface area contributed by atoms with Crippen LogP contribution in [-0.4, -0.2) is 33.2 Å². The van der Waals surface area contributed by atoms with Crippen LogP contribution in [0.2, 0.25) is 0 Å². The Hall–Kier alpha value is -0.930. The number of hydrogen-bond donors (Lipinski definition) is 1. The number of aromatic nitrogens is 1. The lowest BCUT2D eigenvalue weighted by atomic mass is 10.0. The van der Waals surface area contributed by atoms with Crippen LogP contribution in [0.4, 0.5) is 0 Å². The average Bonchev–Trinajstić information content (AvgIpc) is 2.41. The largest absolute Gasteiger partial charge is 0.392 e. The number of β-amino-alcohol motifs (C(OH)–C–C–N with tert-alkyl or cyclic N) is 1. The van der Waals surface area contributed by atoms with Gasteiger partial charge in [0.25, 0.3) is 0 Å². The van der Waals surface area contributed by atoms with Gasteiger partial charge < -0.3 is 5.11 Å². The number of nitrogens with zero attached hydrogens (tertiary/aromatic N) is 2. The Morgan fingerprint density at radius 2 is 2.33 bits per heavy atom. The van der Waals surface area contributed by atoms with Gasteiger partial charge in [-0.05, 0) is 32.4 Å². The summed E-state index contributed by atoms with van der Waals surface area (Å²) in [4.78, 5) is 6.60. The van der Waals surface area contributed by atoms with Gasteiger partial charge in [-0.1, -0.05) is 6.07 Å². The van der Waals surface area contributed by atoms with Gasteiger partial charge in [0.2, 0.25) is 0 Å². The maximum absolute atomic E-state index is 9.65. The smallest absolute Gasteiger partial charge is 0.0684 e. The van der Waals surface area contributed by atoms with Gasteiger partial charge in [0.1, 0.15) is 0 Å². The van der Waals surface area contributed by atoms with Crippen LogP contribution in [0.5, 0.6) is 0 Å². The van der Waals surface area contributed by atoms with Crippen LogP contribution in [0, 0.1) is 0 Å². The minimum Gasteiger partial charge on any atom is -0.392 e. The second-order valence-corrected chi connectivity index (χ2v) is 4.87. The number of likely N-dealkylation sites (tertiary alicyclic amines) is 1. The molecule has 1 unspecified atom stereocenters. The molecule has 1 aliphatic heterocycles. The SMILES string of the molecule is CC1(C)CC(O)CN1Cc1ccccn1. The van der Waals surface area contributed by atoms with Crippen molar-refractivity contribution in [2.75, 3.05) is 6.54 Å². The van der Waals surface area contributed by atoms with Crippen molar-refractivity contribution in [1.29, 1.82) is 0 Å². The third-order valence-corrected chi connectivity index (χ3v) is 3.10. The topological polar surface area (TPSA) is 36.4 Å². The molecule has 82 valence electrons. The van der Waals surface area contributed by atoms with E-state index in [-0.39, 0.29) is 11.6 Å². The van der Waals surface area contributed by atoms with Crippen molar-refractivity contribution < 1.29 is 5.11 Å². The lowest BCUT2D eigenvalue weighted by Crippen LogP contribution is -2.37. The fraction of sp³-hybridized carbons (Fsp3) is 0.583. The van der Waals surface area contributed by atoms with Crippen molar-refractivity contribution >= 4 is 0 Å². The number of rotatable bonds is 2. The van der Waals surface area contributed by atoms with E-state index in [4.69, 9.17) is 0 Å². The quantitative estimate of drug-likeness (QED) is 0.795. The van der Waals surface area contributed by atoms with Gasteiger partial charge >= 0.3 is 0 Å². The first-order valence-corrected chi connectivity index (χ1v) is 5.41. The Morgan fingerprint density at radius 1 is 1.53 bits per heavy atom. The molecule has 0 aromatic carbocycles. The highest BCUT2D eigenvalue weighted by Crippen LogP contribution is 2.29. The van der Waals surface area contributed by atoms with Crippen molar-refractivity contribution in [2.45, 2.75) is 38.5 Å². The van der Waals surface area contributed by atoms with Gasteiger partial charge in [0.15, 0.2) is 0 Å². The first-order chi connectivity index (χ1) is 7.08. The Labute approximate surface area is 90.8 Å². The highest BCUT2D eigenvalue weighted by atomic mass is 16.3. The lowest BCUT2D eigenvalue weighted by Gasteiger charge is -2.30. The molecule has 1 aromatic heterocycles. The molecule has 15 heavy (non-hydrogen) atoms. The van der Waals surface area contributed by atoms with Crippen molar-refractivity contribution in [3.8, 4) is 0 Å². The first kappa shape index (κ1) is 10.6. The summed E-state index contributed by atoms with van der Waals surface area (Å²) >= 11 is 0. The van der Waals surface area contributed by atoms with Gasteiger partial charge in [0.05, 0.1) is 11.8 Å². The summed E-state index contributed by atoms with van der Waals surface area (Å²) in [6, 6.07) is 5.95. The zero-order valence-electron chi connectivity index (χ0n) is 9.35. The van der Waals surface area contributed by atoms with E-state index in [0.717, 1.165) is 25.2 Å². The standard InChI is InChI=1S/C12H18N2O/c1-12(2)7-11(15)9-14(12)8-10-5-3-4-6-13-10/h3-6,11,15H,7-9H2,1-2H3. The third kappa shape index (κ3) is 2.36. The minimum absolute atomic E-state index is 0.0803. The van der Waals surface area contributed by atoms with Gasteiger partial charge in [-0.2, -0.15) is 0 Å². The summed E-state index contributed by atoms with van der Waals surface area (Å²) in [5.41, 5.74) is 1.15. The first-order valence-electron chi connectivity index (χ1n) is 5.41. The fourth-order valence-electron chi connectivity index (χ4n) is 2.24. The molecule has 0 radical (unpaired) electrons. The van der Waals surface area contributed by atoms with Crippen LogP contribution in [0.1, 0.15) is 26.0 Å². The lowest BCUT2D eigenvalue weighted by molar-refractivity contribution is 0.155. The van der Waals surface area contributed by atoms with Crippen molar-refractivity contribution in [3.05, 3.63) is 30.1 Å². The van der Waals surface area contributed by atoms with E-state index in [0.29, 0.717) is 0 Å². The van der Waals surface area contributed by atoms with E-state index in [2.05, 4.69) is 23.7 Å². The van der Waals surface area contributed by atoms with Crippen LogP contribution in [0.15, 0.2) is 24.4 Å². The Balaban J connectivity index is 2.07. The van der Waals surface area contributed by atoms with Gasteiger partial charge in [0, 0.05) is 24.8 Å². The van der Waals surface area contributed by atoms with E-state index in [1.54, 1.807) is 0 Å². The van der Waals surface area contributed by atoms with Gasteiger partial charge in [-0.25, -0.2) is 0 Å². The summed E-state index contributed by atoms with van der Waals surface area (Å²) in [5.74, 6) is 0. The minimum atomic E-state index is -0.191. The molecular weight excluding hydrogens is 188 g/mol. The molecule has 1 saturated heterocycles. The molecule has 2 heterocycles. The number of aliphatic hydroxyl groups excluding tert-OH is 1. The predicted octanol–water partition coefficient (Wildman–Crippen LogP) is 1.43. The molecule has 0 amide bonds. The van der Waals surface area contributed by atoms with Crippen LogP contribution in [-0.2, 0) is 6.54 Å². The van der Waals surface area contributed by atoms with E-state index in [9.17, 15) is 5.11 Å². The molecule has 0 bridgehead atoms. The number of pyridine rings is 1. The molecule has 0 aliphatic carbocycles. The molecule has 3 nitrogen and oxygen atoms in total. The fourth-order valence-corrected chi connectivity index (χ4v) is 2.24. The van der Waals surface area contributed by atoms with Crippen LogP contribution < -0.4 is 0 Å².